The lowest BCUT2D eigenvalue weighted by atomic mass is 9.86. The fourth-order valence-corrected chi connectivity index (χ4v) is 2.97. The highest BCUT2D eigenvalue weighted by Crippen LogP contribution is 2.30. The molecular weight excluding hydrogens is 276 g/mol. The zero-order valence-corrected chi connectivity index (χ0v) is 11.7. The predicted octanol–water partition coefficient (Wildman–Crippen LogP) is 3.75. The minimum Gasteiger partial charge on any atom is -0.373 e. The molecular formula is C11H15BrO2S. The summed E-state index contributed by atoms with van der Waals surface area (Å²) in [6, 6.07) is 1.88. The highest BCUT2D eigenvalue weighted by atomic mass is 79.9. The number of halogens is 1. The molecule has 84 valence electrons. The molecule has 2 nitrogen and oxygen atoms in total. The molecule has 1 aromatic rings. The third-order valence-corrected chi connectivity index (χ3v) is 3.95. The van der Waals surface area contributed by atoms with Gasteiger partial charge in [0.25, 0.3) is 0 Å². The average molecular weight is 291 g/mol. The number of ketones is 1. The van der Waals surface area contributed by atoms with Crippen molar-refractivity contribution in [3.05, 3.63) is 20.8 Å². The molecule has 0 aliphatic carbocycles. The van der Waals surface area contributed by atoms with Crippen molar-refractivity contribution in [3.63, 3.8) is 0 Å². The maximum Gasteiger partial charge on any atom is 0.203 e. The van der Waals surface area contributed by atoms with Gasteiger partial charge in [-0.2, -0.15) is 0 Å². The first-order valence-corrected chi connectivity index (χ1v) is 6.35. The van der Waals surface area contributed by atoms with Crippen molar-refractivity contribution >= 4 is 33.0 Å². The van der Waals surface area contributed by atoms with E-state index in [0.717, 1.165) is 9.35 Å². The molecule has 0 amide bonds. The first-order valence-electron chi connectivity index (χ1n) is 4.68. The van der Waals surface area contributed by atoms with Crippen LogP contribution >= 0.6 is 27.3 Å². The van der Waals surface area contributed by atoms with Crippen LogP contribution in [0.5, 0.6) is 0 Å². The number of ether oxygens (including phenoxy) is 1. The zero-order chi connectivity index (χ0) is 11.6. The lowest BCUT2D eigenvalue weighted by Gasteiger charge is -2.27. The van der Waals surface area contributed by atoms with E-state index >= 15 is 0 Å². The van der Waals surface area contributed by atoms with Gasteiger partial charge in [0, 0.05) is 11.6 Å². The summed E-state index contributed by atoms with van der Waals surface area (Å²) in [5.74, 6) is 0.0480. The van der Waals surface area contributed by atoms with Crippen molar-refractivity contribution < 1.29 is 9.53 Å². The highest BCUT2D eigenvalue weighted by molar-refractivity contribution is 9.10. The SMILES string of the molecule is COC(C(=O)c1sccc1Br)C(C)(C)C. The monoisotopic (exact) mass is 290 g/mol. The number of carbonyl (C=O) groups is 1. The Balaban J connectivity index is 2.98. The molecule has 0 saturated heterocycles. The lowest BCUT2D eigenvalue weighted by molar-refractivity contribution is 0.0199. The fraction of sp³-hybridized carbons (Fsp3) is 0.545. The average Bonchev–Trinajstić information content (AvgIpc) is 2.49. The minimum atomic E-state index is -0.396. The van der Waals surface area contributed by atoms with Gasteiger partial charge in [-0.15, -0.1) is 11.3 Å². The molecule has 0 N–H and O–H groups in total. The third-order valence-electron chi connectivity index (χ3n) is 2.10. The van der Waals surface area contributed by atoms with Crippen LogP contribution in [0, 0.1) is 5.41 Å². The zero-order valence-electron chi connectivity index (χ0n) is 9.33. The van der Waals surface area contributed by atoms with Crippen molar-refractivity contribution in [1.29, 1.82) is 0 Å². The van der Waals surface area contributed by atoms with E-state index in [1.807, 2.05) is 32.2 Å². The number of thiophene rings is 1. The van der Waals surface area contributed by atoms with Crippen LogP contribution in [0.15, 0.2) is 15.9 Å². The number of Topliss-reactive ketones (excluding diaryl/α,β-unsaturated/α-hetero) is 1. The highest BCUT2D eigenvalue weighted by Gasteiger charge is 2.33. The second-order valence-corrected chi connectivity index (χ2v) is 6.21. The van der Waals surface area contributed by atoms with Crippen LogP contribution in [0.4, 0.5) is 0 Å². The summed E-state index contributed by atoms with van der Waals surface area (Å²) in [6.07, 6.45) is -0.396. The van der Waals surface area contributed by atoms with Gasteiger partial charge in [0.2, 0.25) is 5.78 Å². The molecule has 4 heteroatoms. The van der Waals surface area contributed by atoms with Crippen molar-refractivity contribution in [2.45, 2.75) is 26.9 Å². The summed E-state index contributed by atoms with van der Waals surface area (Å²) >= 11 is 4.81. The molecule has 1 aromatic heterocycles. The molecule has 0 spiro atoms. The number of hydrogen-bond acceptors (Lipinski definition) is 3. The lowest BCUT2D eigenvalue weighted by Crippen LogP contribution is -2.35. The molecule has 1 unspecified atom stereocenters. The molecule has 1 rings (SSSR count). The second-order valence-electron chi connectivity index (χ2n) is 4.44. The van der Waals surface area contributed by atoms with E-state index in [1.54, 1.807) is 7.11 Å². The Bertz CT molecular complexity index is 352. The third kappa shape index (κ3) is 2.89. The normalized spacial score (nSPS) is 13.9. The molecule has 0 aromatic carbocycles. The van der Waals surface area contributed by atoms with Gasteiger partial charge >= 0.3 is 0 Å². The smallest absolute Gasteiger partial charge is 0.203 e. The van der Waals surface area contributed by atoms with E-state index < -0.39 is 6.10 Å². The van der Waals surface area contributed by atoms with E-state index in [-0.39, 0.29) is 11.2 Å². The summed E-state index contributed by atoms with van der Waals surface area (Å²) < 4.78 is 6.14. The van der Waals surface area contributed by atoms with E-state index in [4.69, 9.17) is 4.74 Å². The summed E-state index contributed by atoms with van der Waals surface area (Å²) in [6.45, 7) is 6.00. The van der Waals surface area contributed by atoms with E-state index in [1.165, 1.54) is 11.3 Å². The van der Waals surface area contributed by atoms with Crippen LogP contribution < -0.4 is 0 Å². The molecule has 0 fully saturated rings. The van der Waals surface area contributed by atoms with Crippen LogP contribution in [0.2, 0.25) is 0 Å². The van der Waals surface area contributed by atoms with Gasteiger partial charge in [-0.1, -0.05) is 20.8 Å². The van der Waals surface area contributed by atoms with Gasteiger partial charge in [-0.25, -0.2) is 0 Å². The summed E-state index contributed by atoms with van der Waals surface area (Å²) in [7, 11) is 1.58. The molecule has 1 heterocycles. The standard InChI is InChI=1S/C11H15BrO2S/c1-11(2,3)10(14-4)8(13)9-7(12)5-6-15-9/h5-6,10H,1-4H3. The first kappa shape index (κ1) is 12.9. The molecule has 0 bridgehead atoms. The second kappa shape index (κ2) is 4.76. The van der Waals surface area contributed by atoms with Gasteiger partial charge in [0.05, 0.1) is 4.88 Å². The summed E-state index contributed by atoms with van der Waals surface area (Å²) in [5, 5.41) is 1.90. The Morgan fingerprint density at radius 1 is 1.53 bits per heavy atom. The van der Waals surface area contributed by atoms with Crippen molar-refractivity contribution in [1.82, 2.24) is 0 Å². The first-order chi connectivity index (χ1) is 6.88. The largest absolute Gasteiger partial charge is 0.373 e. The minimum absolute atomic E-state index is 0.0480. The Morgan fingerprint density at radius 2 is 2.13 bits per heavy atom. The van der Waals surface area contributed by atoms with Gasteiger partial charge in [0.15, 0.2) is 0 Å². The quantitative estimate of drug-likeness (QED) is 0.793. The number of hydrogen-bond donors (Lipinski definition) is 0. The van der Waals surface area contributed by atoms with Gasteiger partial charge in [-0.3, -0.25) is 4.79 Å². The maximum absolute atomic E-state index is 12.2. The summed E-state index contributed by atoms with van der Waals surface area (Å²) in [4.78, 5) is 12.9. The van der Waals surface area contributed by atoms with Gasteiger partial charge in [0.1, 0.15) is 6.10 Å². The Kier molecular flexibility index (Phi) is 4.09. The van der Waals surface area contributed by atoms with Crippen molar-refractivity contribution in [3.8, 4) is 0 Å². The Labute approximate surface area is 103 Å². The molecule has 0 radical (unpaired) electrons. The maximum atomic E-state index is 12.2. The van der Waals surface area contributed by atoms with Gasteiger partial charge in [-0.05, 0) is 32.8 Å². The molecule has 0 saturated carbocycles. The van der Waals surface area contributed by atoms with Crippen LogP contribution in [0.3, 0.4) is 0 Å². The van der Waals surface area contributed by atoms with E-state index in [9.17, 15) is 4.79 Å². The Hall–Kier alpha value is -0.190. The molecule has 1 atom stereocenters. The predicted molar refractivity (Wildman–Crippen MR) is 66.6 cm³/mol. The van der Waals surface area contributed by atoms with Crippen LogP contribution in [-0.4, -0.2) is 19.0 Å². The Morgan fingerprint density at radius 3 is 2.47 bits per heavy atom. The van der Waals surface area contributed by atoms with Crippen LogP contribution in [0.1, 0.15) is 30.4 Å². The number of rotatable bonds is 3. The number of methoxy groups -OCH3 is 1. The van der Waals surface area contributed by atoms with Gasteiger partial charge < -0.3 is 4.74 Å². The van der Waals surface area contributed by atoms with Crippen LogP contribution in [-0.2, 0) is 4.74 Å². The number of carbonyl (C=O) groups excluding carboxylic acids is 1. The van der Waals surface area contributed by atoms with Crippen LogP contribution in [0.25, 0.3) is 0 Å². The van der Waals surface area contributed by atoms with Crippen molar-refractivity contribution in [2.24, 2.45) is 5.41 Å². The van der Waals surface area contributed by atoms with E-state index in [2.05, 4.69) is 15.9 Å². The molecule has 0 aliphatic rings. The molecule has 0 aliphatic heterocycles. The summed E-state index contributed by atoms with van der Waals surface area (Å²) in [5.41, 5.74) is -0.185. The fourth-order valence-electron chi connectivity index (χ4n) is 1.44. The van der Waals surface area contributed by atoms with Crippen molar-refractivity contribution in [2.75, 3.05) is 7.11 Å². The topological polar surface area (TPSA) is 26.3 Å². The van der Waals surface area contributed by atoms with E-state index in [0.29, 0.717) is 0 Å². The molecule has 15 heavy (non-hydrogen) atoms.